The quantitative estimate of drug-likeness (QED) is 0.278. The van der Waals surface area contributed by atoms with E-state index in [9.17, 15) is 4.79 Å². The highest BCUT2D eigenvalue weighted by Gasteiger charge is 2.08. The van der Waals surface area contributed by atoms with Crippen LogP contribution in [-0.2, 0) is 11.2 Å². The molecule has 0 bridgehead atoms. The number of amides is 1. The van der Waals surface area contributed by atoms with Crippen LogP contribution in [0.25, 0.3) is 17.2 Å². The topological polar surface area (TPSA) is 76.4 Å². The van der Waals surface area contributed by atoms with Gasteiger partial charge in [-0.25, -0.2) is 4.98 Å². The third-order valence-electron chi connectivity index (χ3n) is 4.74. The first kappa shape index (κ1) is 22.5. The highest BCUT2D eigenvalue weighted by atomic mass is 35.5. The number of carbonyl (C=O) groups is 1. The molecule has 0 atom stereocenters. The predicted molar refractivity (Wildman–Crippen MR) is 135 cm³/mol. The molecule has 0 saturated heterocycles. The molecule has 0 fully saturated rings. The van der Waals surface area contributed by atoms with Crippen LogP contribution < -0.4 is 15.4 Å². The normalized spacial score (nSPS) is 11.0. The number of fused-ring (bicyclic) bond motifs is 1. The van der Waals surface area contributed by atoms with Crippen molar-refractivity contribution in [3.05, 3.63) is 94.8 Å². The summed E-state index contributed by atoms with van der Waals surface area (Å²) in [6.45, 7) is 0. The number of anilines is 1. The van der Waals surface area contributed by atoms with E-state index in [-0.39, 0.29) is 11.0 Å². The van der Waals surface area contributed by atoms with Crippen LogP contribution in [0.5, 0.6) is 5.75 Å². The lowest BCUT2D eigenvalue weighted by atomic mass is 10.1. The van der Waals surface area contributed by atoms with E-state index in [2.05, 4.69) is 15.6 Å². The van der Waals surface area contributed by atoms with Crippen LogP contribution in [0.3, 0.4) is 0 Å². The van der Waals surface area contributed by atoms with Crippen LogP contribution in [0.2, 0.25) is 5.02 Å². The molecule has 0 aliphatic heterocycles. The third kappa shape index (κ3) is 6.19. The summed E-state index contributed by atoms with van der Waals surface area (Å²) in [6.07, 6.45) is 3.67. The molecule has 4 aromatic rings. The van der Waals surface area contributed by atoms with Crippen molar-refractivity contribution in [2.75, 3.05) is 12.4 Å². The molecule has 8 heteroatoms. The Labute approximate surface area is 201 Å². The predicted octanol–water partition coefficient (Wildman–Crippen LogP) is 5.61. The highest BCUT2D eigenvalue weighted by molar-refractivity contribution is 7.80. The van der Waals surface area contributed by atoms with E-state index in [1.54, 1.807) is 25.3 Å². The molecular formula is C25H20ClN3O3S. The Bertz CT molecular complexity index is 1320. The van der Waals surface area contributed by atoms with Crippen LogP contribution >= 0.6 is 23.8 Å². The van der Waals surface area contributed by atoms with E-state index in [1.165, 1.54) is 6.08 Å². The summed E-state index contributed by atoms with van der Waals surface area (Å²) in [5, 5.41) is 6.46. The largest absolute Gasteiger partial charge is 0.497 e. The number of rotatable bonds is 6. The first-order valence-corrected chi connectivity index (χ1v) is 10.8. The van der Waals surface area contributed by atoms with Crippen molar-refractivity contribution in [1.29, 1.82) is 0 Å². The van der Waals surface area contributed by atoms with Crippen LogP contribution in [0.1, 0.15) is 17.0 Å². The molecule has 4 rings (SSSR count). The van der Waals surface area contributed by atoms with Gasteiger partial charge in [-0.2, -0.15) is 0 Å². The summed E-state index contributed by atoms with van der Waals surface area (Å²) in [7, 11) is 1.61. The fraction of sp³-hybridized carbons (Fsp3) is 0.0800. The number of nitrogens with zero attached hydrogens (tertiary/aromatic N) is 1. The van der Waals surface area contributed by atoms with Crippen LogP contribution in [-0.4, -0.2) is 23.1 Å². The number of benzene rings is 3. The molecule has 166 valence electrons. The van der Waals surface area contributed by atoms with Gasteiger partial charge in [0.05, 0.1) is 7.11 Å². The molecular weight excluding hydrogens is 458 g/mol. The Hall–Kier alpha value is -3.68. The van der Waals surface area contributed by atoms with Gasteiger partial charge in [0.15, 0.2) is 16.6 Å². The smallest absolute Gasteiger partial charge is 0.250 e. The first-order valence-electron chi connectivity index (χ1n) is 10.1. The van der Waals surface area contributed by atoms with E-state index in [0.29, 0.717) is 22.9 Å². The number of halogens is 1. The maximum Gasteiger partial charge on any atom is 0.250 e. The molecule has 0 spiro atoms. The number of nitrogens with one attached hydrogen (secondary N) is 2. The van der Waals surface area contributed by atoms with Crippen molar-refractivity contribution < 1.29 is 13.9 Å². The molecule has 33 heavy (non-hydrogen) atoms. The number of aromatic nitrogens is 1. The van der Waals surface area contributed by atoms with Gasteiger partial charge in [0.25, 0.3) is 0 Å². The summed E-state index contributed by atoms with van der Waals surface area (Å²) in [4.78, 5) is 16.6. The lowest BCUT2D eigenvalue weighted by Gasteiger charge is -2.08. The molecule has 2 N–H and O–H groups in total. The zero-order valence-corrected chi connectivity index (χ0v) is 19.2. The molecule has 1 heterocycles. The molecule has 0 aliphatic rings. The van der Waals surface area contributed by atoms with Gasteiger partial charge in [0.2, 0.25) is 5.91 Å². The van der Waals surface area contributed by atoms with Crippen LogP contribution in [0.4, 0.5) is 5.69 Å². The molecule has 6 nitrogen and oxygen atoms in total. The average Bonchev–Trinajstić information content (AvgIpc) is 3.20. The summed E-state index contributed by atoms with van der Waals surface area (Å²) < 4.78 is 10.9. The average molecular weight is 478 g/mol. The molecule has 0 unspecified atom stereocenters. The fourth-order valence-corrected chi connectivity index (χ4v) is 3.49. The Morgan fingerprint density at radius 3 is 2.61 bits per heavy atom. The number of hydrogen-bond donors (Lipinski definition) is 2. The van der Waals surface area contributed by atoms with Gasteiger partial charge >= 0.3 is 0 Å². The van der Waals surface area contributed by atoms with Crippen molar-refractivity contribution in [2.24, 2.45) is 0 Å². The van der Waals surface area contributed by atoms with Crippen LogP contribution in [0.15, 0.2) is 77.2 Å². The summed E-state index contributed by atoms with van der Waals surface area (Å²) >= 11 is 11.2. The molecule has 3 aromatic carbocycles. The molecule has 1 aromatic heterocycles. The second kappa shape index (κ2) is 10.3. The Morgan fingerprint density at radius 1 is 1.12 bits per heavy atom. The van der Waals surface area contributed by atoms with E-state index in [1.807, 2.05) is 54.6 Å². The zero-order chi connectivity index (χ0) is 23.2. The fourth-order valence-electron chi connectivity index (χ4n) is 3.11. The molecule has 0 radical (unpaired) electrons. The molecule has 1 amide bonds. The van der Waals surface area contributed by atoms with Crippen molar-refractivity contribution in [3.8, 4) is 5.75 Å². The molecule has 0 saturated carbocycles. The number of ether oxygens (including phenoxy) is 1. The highest BCUT2D eigenvalue weighted by Crippen LogP contribution is 2.22. The van der Waals surface area contributed by atoms with Crippen molar-refractivity contribution in [3.63, 3.8) is 0 Å². The second-order valence-corrected chi connectivity index (χ2v) is 7.99. The number of carbonyl (C=O) groups excluding carboxylic acids is 1. The minimum atomic E-state index is -0.323. The SMILES string of the molecule is COc1ccc(/C=C/C(=O)NC(=S)Nc2ccc(Cc3nc4cc(Cl)ccc4o3)cc2)cc1. The van der Waals surface area contributed by atoms with Gasteiger partial charge < -0.3 is 14.5 Å². The Balaban J connectivity index is 1.29. The van der Waals surface area contributed by atoms with Gasteiger partial charge in [0.1, 0.15) is 11.3 Å². The minimum Gasteiger partial charge on any atom is -0.497 e. The number of thiocarbonyl (C=S) groups is 1. The standard InChI is InChI=1S/C25H20ClN3O3S/c1-31-20-10-4-16(5-11-20)6-13-23(30)29-25(33)27-19-8-2-17(3-9-19)14-24-28-21-15-18(26)7-12-22(21)32-24/h2-13,15H,14H2,1H3,(H2,27,29,30,33)/b13-6+. The maximum atomic E-state index is 12.1. The van der Waals surface area contributed by atoms with Crippen molar-refractivity contribution in [1.82, 2.24) is 10.3 Å². The maximum absolute atomic E-state index is 12.1. The number of hydrogen-bond acceptors (Lipinski definition) is 5. The van der Waals surface area contributed by atoms with Gasteiger partial charge in [-0.05, 0) is 71.9 Å². The lowest BCUT2D eigenvalue weighted by Crippen LogP contribution is -2.32. The Kier molecular flexibility index (Phi) is 7.02. The van der Waals surface area contributed by atoms with Gasteiger partial charge in [-0.1, -0.05) is 35.9 Å². The Morgan fingerprint density at radius 2 is 1.88 bits per heavy atom. The van der Waals surface area contributed by atoms with Crippen molar-refractivity contribution in [2.45, 2.75) is 6.42 Å². The monoisotopic (exact) mass is 477 g/mol. The van der Waals surface area contributed by atoms with E-state index in [0.717, 1.165) is 28.1 Å². The lowest BCUT2D eigenvalue weighted by molar-refractivity contribution is -0.115. The second-order valence-electron chi connectivity index (χ2n) is 7.14. The van der Waals surface area contributed by atoms with Gasteiger partial charge in [-0.15, -0.1) is 0 Å². The first-order chi connectivity index (χ1) is 16.0. The van der Waals surface area contributed by atoms with Crippen LogP contribution in [0, 0.1) is 0 Å². The zero-order valence-electron chi connectivity index (χ0n) is 17.7. The van der Waals surface area contributed by atoms with E-state index < -0.39 is 0 Å². The van der Waals surface area contributed by atoms with E-state index in [4.69, 9.17) is 33.0 Å². The van der Waals surface area contributed by atoms with Gasteiger partial charge in [-0.3, -0.25) is 10.1 Å². The minimum absolute atomic E-state index is 0.211. The van der Waals surface area contributed by atoms with Gasteiger partial charge in [0, 0.05) is 23.2 Å². The van der Waals surface area contributed by atoms with E-state index >= 15 is 0 Å². The number of methoxy groups -OCH3 is 1. The number of oxazole rings is 1. The van der Waals surface area contributed by atoms with Crippen molar-refractivity contribution >= 4 is 57.7 Å². The summed E-state index contributed by atoms with van der Waals surface area (Å²) in [5.41, 5.74) is 4.10. The third-order valence-corrected chi connectivity index (χ3v) is 5.18. The summed E-state index contributed by atoms with van der Waals surface area (Å²) in [6, 6.07) is 20.4. The summed E-state index contributed by atoms with van der Waals surface area (Å²) in [5.74, 6) is 1.04. The molecule has 0 aliphatic carbocycles.